The molecule has 2 aliphatic heterocycles. The Bertz CT molecular complexity index is 1240. The van der Waals surface area contributed by atoms with Gasteiger partial charge in [0.15, 0.2) is 0 Å². The Morgan fingerprint density at radius 2 is 1.77 bits per heavy atom. The molecular weight excluding hydrogens is 592 g/mol. The lowest BCUT2D eigenvalue weighted by atomic mass is 9.94. The predicted molar refractivity (Wildman–Crippen MR) is 160 cm³/mol. The smallest absolute Gasteiger partial charge is 0.375 e. The van der Waals surface area contributed by atoms with Gasteiger partial charge in [0.05, 0.1) is 39.4 Å². The Hall–Kier alpha value is -2.54. The van der Waals surface area contributed by atoms with Crippen LogP contribution in [0.2, 0.25) is 0 Å². The van der Waals surface area contributed by atoms with Crippen LogP contribution in [0, 0.1) is 5.92 Å². The topological polar surface area (TPSA) is 60.0 Å². The highest BCUT2D eigenvalue weighted by Gasteiger charge is 2.41. The molecule has 0 radical (unpaired) electrons. The van der Waals surface area contributed by atoms with Gasteiger partial charge in [-0.25, -0.2) is 13.9 Å². The molecule has 1 atom stereocenters. The van der Waals surface area contributed by atoms with Crippen LogP contribution in [0.4, 0.5) is 32.0 Å². The second-order valence-electron chi connectivity index (χ2n) is 12.0. The summed E-state index contributed by atoms with van der Waals surface area (Å²) in [7, 11) is 0.329. The number of halogens is 6. The molecule has 0 amide bonds. The van der Waals surface area contributed by atoms with Gasteiger partial charge < -0.3 is 15.1 Å². The van der Waals surface area contributed by atoms with E-state index >= 15 is 0 Å². The van der Waals surface area contributed by atoms with Crippen LogP contribution >= 0.6 is 0 Å². The minimum Gasteiger partial charge on any atom is -0.375 e. The van der Waals surface area contributed by atoms with Crippen molar-refractivity contribution in [2.24, 2.45) is 10.9 Å². The maximum absolute atomic E-state index is 13.9. The zero-order valence-corrected chi connectivity index (χ0v) is 26.5. The van der Waals surface area contributed by atoms with Gasteiger partial charge in [0.2, 0.25) is 5.96 Å². The normalized spacial score (nSPS) is 20.6. The lowest BCUT2D eigenvalue weighted by Crippen LogP contribution is -2.38. The Balaban J connectivity index is 1.89. The number of aliphatic imine (C=N–C) groups is 1. The second kappa shape index (κ2) is 14.0. The number of rotatable bonds is 9. The molecule has 2 aliphatic rings. The van der Waals surface area contributed by atoms with E-state index in [0.29, 0.717) is 31.6 Å². The third kappa shape index (κ3) is 9.47. The summed E-state index contributed by atoms with van der Waals surface area (Å²) >= 11 is 0. The fourth-order valence-electron chi connectivity index (χ4n) is 5.14. The van der Waals surface area contributed by atoms with Gasteiger partial charge in [-0.15, -0.1) is 0 Å². The number of allylic oxidation sites excluding steroid dienone is 3. The third-order valence-corrected chi connectivity index (χ3v) is 9.04. The first-order valence-electron chi connectivity index (χ1n) is 14.6. The zero-order chi connectivity index (χ0) is 32.2. The van der Waals surface area contributed by atoms with Gasteiger partial charge in [-0.1, -0.05) is 26.3 Å². The van der Waals surface area contributed by atoms with Gasteiger partial charge >= 0.3 is 12.4 Å². The average molecular weight is 636 g/mol. The van der Waals surface area contributed by atoms with Crippen LogP contribution in [0.5, 0.6) is 0 Å². The molecule has 1 aromatic rings. The van der Waals surface area contributed by atoms with E-state index in [1.807, 2.05) is 19.9 Å². The van der Waals surface area contributed by atoms with Crippen molar-refractivity contribution in [1.29, 1.82) is 0 Å². The molecule has 0 saturated carbocycles. The fourth-order valence-corrected chi connectivity index (χ4v) is 5.87. The minimum atomic E-state index is -4.62. The molecule has 1 aromatic carbocycles. The maximum Gasteiger partial charge on any atom is 0.418 e. The largest absolute Gasteiger partial charge is 0.418 e. The molecule has 1 unspecified atom stereocenters. The maximum atomic E-state index is 13.9. The van der Waals surface area contributed by atoms with Crippen molar-refractivity contribution in [3.05, 3.63) is 52.4 Å². The highest BCUT2D eigenvalue weighted by Crippen LogP contribution is 2.38. The average Bonchev–Trinajstić information content (AvgIpc) is 3.25. The second-order valence-corrected chi connectivity index (χ2v) is 14.1. The molecule has 242 valence electrons. The molecule has 2 heterocycles. The Kier molecular flexibility index (Phi) is 11.4. The minimum absolute atomic E-state index is 0.0598. The third-order valence-electron chi connectivity index (χ3n) is 7.53. The summed E-state index contributed by atoms with van der Waals surface area (Å²) in [4.78, 5) is 8.13. The Morgan fingerprint density at radius 1 is 1.12 bits per heavy atom. The number of nitrogens with zero attached hydrogens (tertiary/aromatic N) is 3. The number of nitrogens with one attached hydrogen (secondary N) is 2. The molecule has 0 spiro atoms. The molecule has 13 heteroatoms. The van der Waals surface area contributed by atoms with E-state index in [2.05, 4.69) is 19.9 Å². The molecule has 6 nitrogen and oxygen atoms in total. The van der Waals surface area contributed by atoms with Crippen molar-refractivity contribution in [2.75, 3.05) is 26.7 Å². The van der Waals surface area contributed by atoms with Gasteiger partial charge in [-0.05, 0) is 75.8 Å². The molecule has 2 N–H and O–H groups in total. The quantitative estimate of drug-likeness (QED) is 0.278. The van der Waals surface area contributed by atoms with Crippen molar-refractivity contribution in [3.63, 3.8) is 0 Å². The van der Waals surface area contributed by atoms with Crippen LogP contribution in [0.15, 0.2) is 46.2 Å². The van der Waals surface area contributed by atoms with Gasteiger partial charge in [0, 0.05) is 38.1 Å². The van der Waals surface area contributed by atoms with E-state index in [-0.39, 0.29) is 31.0 Å². The van der Waals surface area contributed by atoms with Crippen LogP contribution in [-0.2, 0) is 23.7 Å². The first kappa shape index (κ1) is 34.9. The van der Waals surface area contributed by atoms with Crippen LogP contribution in [0.1, 0.15) is 77.8 Å². The van der Waals surface area contributed by atoms with E-state index < -0.39 is 39.6 Å². The summed E-state index contributed by atoms with van der Waals surface area (Å²) in [6, 6.07) is 3.68. The summed E-state index contributed by atoms with van der Waals surface area (Å²) in [6.45, 7) is 10.6. The molecule has 0 bridgehead atoms. The molecule has 0 aliphatic carbocycles. The predicted octanol–water partition coefficient (Wildman–Crippen LogP) is 7.40. The Morgan fingerprint density at radius 3 is 2.30 bits per heavy atom. The Labute approximate surface area is 253 Å². The van der Waals surface area contributed by atoms with E-state index in [9.17, 15) is 30.6 Å². The van der Waals surface area contributed by atoms with Gasteiger partial charge in [0.25, 0.3) is 0 Å². The fraction of sp³-hybridized carbons (Fsp3) is 0.633. The summed E-state index contributed by atoms with van der Waals surface area (Å²) in [6.07, 6.45) is -4.54. The number of alkyl halides is 6. The molecule has 2 saturated heterocycles. The number of benzene rings is 1. The van der Waals surface area contributed by atoms with Gasteiger partial charge in [-0.2, -0.15) is 26.3 Å². The monoisotopic (exact) mass is 635 g/mol. The van der Waals surface area contributed by atoms with Crippen molar-refractivity contribution in [3.8, 4) is 0 Å². The summed E-state index contributed by atoms with van der Waals surface area (Å²) in [5.41, 5.74) is 2.12. The van der Waals surface area contributed by atoms with E-state index in [4.69, 9.17) is 0 Å². The summed E-state index contributed by atoms with van der Waals surface area (Å²) < 4.78 is 96.1. The number of hydrogen-bond acceptors (Lipinski definition) is 3. The lowest BCUT2D eigenvalue weighted by Gasteiger charge is -2.37. The molecule has 3 rings (SSSR count). The standard InChI is InChI=1S/C30H43F6N5OS/c1-7-9-26(41-14-12-22(13-15-41)29(31,32)33)21(8-2)17-23-19-40(6)27(38-23)39-25-16-20(10-11-24(25)30(34,35)36)18-37-43(42)28(3,4)5/h10-11,16-17,22,37H,7-9,12-15,18-19H2,1-6H3,(H,38,39)/b23-17+,26-21+. The van der Waals surface area contributed by atoms with Gasteiger partial charge in [-0.3, -0.25) is 0 Å². The number of hydrogen-bond donors (Lipinski definition) is 2. The van der Waals surface area contributed by atoms with E-state index in [1.54, 1.807) is 32.7 Å². The van der Waals surface area contributed by atoms with Crippen molar-refractivity contribution < 1.29 is 30.6 Å². The first-order valence-corrected chi connectivity index (χ1v) is 15.8. The van der Waals surface area contributed by atoms with Crippen molar-refractivity contribution >= 4 is 22.6 Å². The van der Waals surface area contributed by atoms with Gasteiger partial charge in [0.1, 0.15) is 0 Å². The summed E-state index contributed by atoms with van der Waals surface area (Å²) in [5, 5.41) is 3.15. The SMILES string of the molecule is CCC/C(=C(\C=C1/CN(C)C(=Nc2cc(CNS(=O)C(C)(C)C)ccc2C(F)(F)F)N1)CC)N1CCC(C(F)(F)F)CC1. The molecule has 2 fully saturated rings. The van der Waals surface area contributed by atoms with Crippen LogP contribution in [0.3, 0.4) is 0 Å². The van der Waals surface area contributed by atoms with Crippen LogP contribution in [-0.4, -0.2) is 57.6 Å². The summed E-state index contributed by atoms with van der Waals surface area (Å²) in [5.74, 6) is -1.03. The van der Waals surface area contributed by atoms with E-state index in [1.165, 1.54) is 12.1 Å². The molecular formula is C30H43F6N5OS. The van der Waals surface area contributed by atoms with Crippen LogP contribution < -0.4 is 10.0 Å². The highest BCUT2D eigenvalue weighted by atomic mass is 32.2. The molecule has 43 heavy (non-hydrogen) atoms. The van der Waals surface area contributed by atoms with Crippen LogP contribution in [0.25, 0.3) is 0 Å². The number of guanidine groups is 1. The van der Waals surface area contributed by atoms with E-state index in [0.717, 1.165) is 35.9 Å². The van der Waals surface area contributed by atoms with Crippen molar-refractivity contribution in [1.82, 2.24) is 19.8 Å². The number of likely N-dealkylation sites (tertiary alicyclic amines) is 1. The first-order chi connectivity index (χ1) is 19.9. The number of likely N-dealkylation sites (N-methyl/N-ethyl adjacent to an activating group) is 1. The number of piperidine rings is 1. The highest BCUT2D eigenvalue weighted by molar-refractivity contribution is 7.84. The molecule has 0 aromatic heterocycles. The lowest BCUT2D eigenvalue weighted by molar-refractivity contribution is -0.184. The van der Waals surface area contributed by atoms with Crippen molar-refractivity contribution in [2.45, 2.75) is 90.4 Å². The zero-order valence-electron chi connectivity index (χ0n) is 25.7.